The monoisotopic (exact) mass is 506 g/mol. The zero-order valence-corrected chi connectivity index (χ0v) is 25.4. The molecule has 1 aliphatic rings. The summed E-state index contributed by atoms with van der Waals surface area (Å²) in [4.78, 5) is 0. The summed E-state index contributed by atoms with van der Waals surface area (Å²) >= 11 is 0. The minimum Gasteiger partial charge on any atom is -0.317 e. The average molecular weight is 506 g/mol. The van der Waals surface area contributed by atoms with E-state index in [0.29, 0.717) is 0 Å². The van der Waals surface area contributed by atoms with E-state index in [9.17, 15) is 0 Å². The van der Waals surface area contributed by atoms with Crippen LogP contribution in [0.25, 0.3) is 0 Å². The molecule has 216 valence electrons. The van der Waals surface area contributed by atoms with Crippen molar-refractivity contribution in [3.05, 3.63) is 0 Å². The van der Waals surface area contributed by atoms with E-state index in [1.807, 2.05) is 0 Å². The number of unbranched alkanes of at least 4 members (excludes halogenated alkanes) is 27. The smallest absolute Gasteiger partial charge is 0.00463 e. The minimum atomic E-state index is 1.04. The van der Waals surface area contributed by atoms with Crippen molar-refractivity contribution in [2.24, 2.45) is 5.92 Å². The Bertz CT molecular complexity index is 386. The third-order valence-corrected chi connectivity index (χ3v) is 8.92. The Kier molecular flexibility index (Phi) is 27.9. The highest BCUT2D eigenvalue weighted by molar-refractivity contribution is 4.68. The Labute approximate surface area is 230 Å². The molecule has 0 aromatic heterocycles. The van der Waals surface area contributed by atoms with Crippen LogP contribution in [0.15, 0.2) is 0 Å². The summed E-state index contributed by atoms with van der Waals surface area (Å²) in [6, 6.07) is 0. The molecule has 36 heavy (non-hydrogen) atoms. The maximum atomic E-state index is 3.49. The minimum absolute atomic E-state index is 1.04. The van der Waals surface area contributed by atoms with Crippen molar-refractivity contribution in [3.63, 3.8) is 0 Å². The molecule has 0 atom stereocenters. The Hall–Kier alpha value is -0.0400. The van der Waals surface area contributed by atoms with Crippen LogP contribution < -0.4 is 5.32 Å². The van der Waals surface area contributed by atoms with Crippen molar-refractivity contribution in [2.45, 2.75) is 206 Å². The van der Waals surface area contributed by atoms with Gasteiger partial charge in [0.1, 0.15) is 0 Å². The van der Waals surface area contributed by atoms with Gasteiger partial charge in [-0.1, -0.05) is 193 Å². The molecule has 0 aromatic carbocycles. The molecule has 0 saturated carbocycles. The fraction of sp³-hybridized carbons (Fsp3) is 1.00. The molecule has 1 rings (SSSR count). The van der Waals surface area contributed by atoms with Crippen LogP contribution in [-0.2, 0) is 0 Å². The number of rotatable bonds is 29. The molecule has 1 fully saturated rings. The molecule has 0 spiro atoms. The molecule has 1 saturated heterocycles. The summed E-state index contributed by atoms with van der Waals surface area (Å²) in [6.07, 6.45) is 46.0. The SMILES string of the molecule is CCCCCCCCCCCCCCCCCCCCCCCCCCCCCCC1CCNCC1. The fourth-order valence-electron chi connectivity index (χ4n) is 6.27. The van der Waals surface area contributed by atoms with Crippen LogP contribution in [0.5, 0.6) is 0 Å². The van der Waals surface area contributed by atoms with E-state index in [4.69, 9.17) is 0 Å². The Morgan fingerprint density at radius 2 is 0.611 bits per heavy atom. The van der Waals surface area contributed by atoms with Crippen molar-refractivity contribution in [1.82, 2.24) is 5.32 Å². The van der Waals surface area contributed by atoms with Crippen molar-refractivity contribution >= 4 is 0 Å². The zero-order valence-electron chi connectivity index (χ0n) is 25.4. The van der Waals surface area contributed by atoms with Gasteiger partial charge in [-0.05, 0) is 31.8 Å². The largest absolute Gasteiger partial charge is 0.317 e. The Balaban J connectivity index is 1.61. The highest BCUT2D eigenvalue weighted by Crippen LogP contribution is 2.20. The number of hydrogen-bond donors (Lipinski definition) is 1. The van der Waals surface area contributed by atoms with Gasteiger partial charge in [0, 0.05) is 0 Å². The van der Waals surface area contributed by atoms with Gasteiger partial charge in [-0.15, -0.1) is 0 Å². The standard InChI is InChI=1S/C35H71N/c1-2-3-4-5-6-7-8-9-10-11-12-13-14-15-16-17-18-19-20-21-22-23-24-25-26-27-28-29-30-35-31-33-36-34-32-35/h35-36H,2-34H2,1H3. The van der Waals surface area contributed by atoms with Crippen LogP contribution in [-0.4, -0.2) is 13.1 Å². The number of piperidine rings is 1. The van der Waals surface area contributed by atoms with Crippen LogP contribution in [0.3, 0.4) is 0 Å². The molecule has 0 radical (unpaired) electrons. The highest BCUT2D eigenvalue weighted by atomic mass is 14.9. The Morgan fingerprint density at radius 3 is 0.889 bits per heavy atom. The lowest BCUT2D eigenvalue weighted by Crippen LogP contribution is -2.27. The van der Waals surface area contributed by atoms with E-state index in [-0.39, 0.29) is 0 Å². The van der Waals surface area contributed by atoms with E-state index < -0.39 is 0 Å². The van der Waals surface area contributed by atoms with Gasteiger partial charge in [-0.25, -0.2) is 0 Å². The first-order valence-corrected chi connectivity index (χ1v) is 17.6. The van der Waals surface area contributed by atoms with Gasteiger partial charge in [-0.2, -0.15) is 0 Å². The lowest BCUT2D eigenvalue weighted by molar-refractivity contribution is 0.342. The summed E-state index contributed by atoms with van der Waals surface area (Å²) < 4.78 is 0. The van der Waals surface area contributed by atoms with Gasteiger partial charge in [0.15, 0.2) is 0 Å². The quantitative estimate of drug-likeness (QED) is 0.0996. The lowest BCUT2D eigenvalue weighted by Gasteiger charge is -2.22. The van der Waals surface area contributed by atoms with Crippen LogP contribution in [0.4, 0.5) is 0 Å². The third kappa shape index (κ3) is 25.6. The first-order valence-electron chi connectivity index (χ1n) is 17.6. The van der Waals surface area contributed by atoms with Gasteiger partial charge in [0.05, 0.1) is 0 Å². The lowest BCUT2D eigenvalue weighted by atomic mass is 9.92. The molecular formula is C35H71N. The summed E-state index contributed by atoms with van der Waals surface area (Å²) in [5, 5.41) is 3.49. The van der Waals surface area contributed by atoms with E-state index >= 15 is 0 Å². The first kappa shape index (κ1) is 34.0. The van der Waals surface area contributed by atoms with Crippen molar-refractivity contribution in [3.8, 4) is 0 Å². The van der Waals surface area contributed by atoms with Crippen LogP contribution in [0.2, 0.25) is 0 Å². The number of nitrogens with one attached hydrogen (secondary N) is 1. The molecule has 1 heterocycles. The van der Waals surface area contributed by atoms with Gasteiger partial charge < -0.3 is 5.32 Å². The van der Waals surface area contributed by atoms with Gasteiger partial charge >= 0.3 is 0 Å². The molecule has 0 amide bonds. The van der Waals surface area contributed by atoms with Crippen molar-refractivity contribution < 1.29 is 0 Å². The summed E-state index contributed by atoms with van der Waals surface area (Å²) in [5.41, 5.74) is 0. The summed E-state index contributed by atoms with van der Waals surface area (Å²) in [7, 11) is 0. The molecule has 1 N–H and O–H groups in total. The third-order valence-electron chi connectivity index (χ3n) is 8.92. The van der Waals surface area contributed by atoms with E-state index in [2.05, 4.69) is 12.2 Å². The highest BCUT2D eigenvalue weighted by Gasteiger charge is 2.11. The molecule has 0 aromatic rings. The van der Waals surface area contributed by atoms with Gasteiger partial charge in [0.2, 0.25) is 0 Å². The number of hydrogen-bond acceptors (Lipinski definition) is 1. The second-order valence-corrected chi connectivity index (χ2v) is 12.5. The van der Waals surface area contributed by atoms with Gasteiger partial charge in [0.25, 0.3) is 0 Å². The Morgan fingerprint density at radius 1 is 0.361 bits per heavy atom. The first-order chi connectivity index (χ1) is 17.9. The van der Waals surface area contributed by atoms with Crippen LogP contribution in [0, 0.1) is 5.92 Å². The van der Waals surface area contributed by atoms with E-state index in [1.54, 1.807) is 0 Å². The van der Waals surface area contributed by atoms with Gasteiger partial charge in [-0.3, -0.25) is 0 Å². The summed E-state index contributed by atoms with van der Waals surface area (Å²) in [5.74, 6) is 1.04. The molecule has 1 aliphatic heterocycles. The van der Waals surface area contributed by atoms with Crippen molar-refractivity contribution in [2.75, 3.05) is 13.1 Å². The second-order valence-electron chi connectivity index (χ2n) is 12.5. The molecular weight excluding hydrogens is 434 g/mol. The van der Waals surface area contributed by atoms with Crippen LogP contribution >= 0.6 is 0 Å². The maximum Gasteiger partial charge on any atom is -0.00463 e. The zero-order chi connectivity index (χ0) is 25.6. The maximum absolute atomic E-state index is 3.49. The predicted octanol–water partition coefficient (Wildman–Crippen LogP) is 12.3. The molecule has 0 unspecified atom stereocenters. The summed E-state index contributed by atoms with van der Waals surface area (Å²) in [6.45, 7) is 4.84. The van der Waals surface area contributed by atoms with Crippen LogP contribution in [0.1, 0.15) is 206 Å². The second kappa shape index (κ2) is 29.5. The average Bonchev–Trinajstić information content (AvgIpc) is 2.91. The topological polar surface area (TPSA) is 12.0 Å². The van der Waals surface area contributed by atoms with E-state index in [1.165, 1.54) is 212 Å². The molecule has 0 aliphatic carbocycles. The normalized spacial score (nSPS) is 14.6. The molecule has 1 nitrogen and oxygen atoms in total. The molecule has 0 bridgehead atoms. The predicted molar refractivity (Wildman–Crippen MR) is 165 cm³/mol. The van der Waals surface area contributed by atoms with Crippen molar-refractivity contribution in [1.29, 1.82) is 0 Å². The fourth-order valence-corrected chi connectivity index (χ4v) is 6.27. The van der Waals surface area contributed by atoms with E-state index in [0.717, 1.165) is 5.92 Å². The molecule has 1 heteroatoms.